The van der Waals surface area contributed by atoms with Crippen LogP contribution < -0.4 is 5.73 Å². The molecule has 2 N–H and O–H groups in total. The summed E-state index contributed by atoms with van der Waals surface area (Å²) in [7, 11) is 0. The summed E-state index contributed by atoms with van der Waals surface area (Å²) in [5.74, 6) is 0.523. The Hall–Kier alpha value is -0.850. The minimum Gasteiger partial charge on any atom is -0.326 e. The van der Waals surface area contributed by atoms with Gasteiger partial charge in [-0.3, -0.25) is 4.90 Å². The zero-order chi connectivity index (χ0) is 15.0. The Morgan fingerprint density at radius 1 is 1.27 bits per heavy atom. The van der Waals surface area contributed by atoms with Crippen molar-refractivity contribution in [3.63, 3.8) is 0 Å². The number of nitrogens with two attached hydrogens (primary N) is 1. The van der Waals surface area contributed by atoms with Crippen molar-refractivity contribution in [2.75, 3.05) is 13.1 Å². The van der Waals surface area contributed by atoms with Gasteiger partial charge in [0.1, 0.15) is 0 Å². The van der Waals surface area contributed by atoms with Gasteiger partial charge in [0.05, 0.1) is 27.6 Å². The lowest BCUT2D eigenvalue weighted by molar-refractivity contribution is 0.315. The second kappa shape index (κ2) is 7.15. The van der Waals surface area contributed by atoms with Crippen molar-refractivity contribution in [3.05, 3.63) is 40.1 Å². The van der Waals surface area contributed by atoms with Crippen molar-refractivity contribution in [2.45, 2.75) is 19.5 Å². The SMILES string of the molecule is CC1CN(Cc2cn(-c3ccc(Cl)c(Cl)c3)nn2)CC1N.Cl. The van der Waals surface area contributed by atoms with Crippen LogP contribution in [0.25, 0.3) is 5.69 Å². The van der Waals surface area contributed by atoms with E-state index in [1.54, 1.807) is 16.8 Å². The van der Waals surface area contributed by atoms with E-state index in [1.807, 2.05) is 12.3 Å². The first-order valence-corrected chi connectivity index (χ1v) is 7.63. The third-order valence-electron chi connectivity index (χ3n) is 3.84. The van der Waals surface area contributed by atoms with Gasteiger partial charge in [-0.05, 0) is 24.1 Å². The molecule has 22 heavy (non-hydrogen) atoms. The Morgan fingerprint density at radius 3 is 2.68 bits per heavy atom. The summed E-state index contributed by atoms with van der Waals surface area (Å²) in [4.78, 5) is 2.30. The maximum absolute atomic E-state index is 6.04. The highest BCUT2D eigenvalue weighted by atomic mass is 35.5. The molecule has 8 heteroatoms. The molecule has 1 aromatic heterocycles. The van der Waals surface area contributed by atoms with Gasteiger partial charge in [0.25, 0.3) is 0 Å². The van der Waals surface area contributed by atoms with Gasteiger partial charge < -0.3 is 5.73 Å². The van der Waals surface area contributed by atoms with Crippen LogP contribution in [-0.2, 0) is 6.54 Å². The molecule has 0 amide bonds. The summed E-state index contributed by atoms with van der Waals surface area (Å²) in [6, 6.07) is 5.63. The topological polar surface area (TPSA) is 60.0 Å². The van der Waals surface area contributed by atoms with Crippen molar-refractivity contribution < 1.29 is 0 Å². The monoisotopic (exact) mass is 361 g/mol. The van der Waals surface area contributed by atoms with Gasteiger partial charge >= 0.3 is 0 Å². The summed E-state index contributed by atoms with van der Waals surface area (Å²) >= 11 is 11.9. The van der Waals surface area contributed by atoms with Crippen molar-refractivity contribution in [2.24, 2.45) is 11.7 Å². The van der Waals surface area contributed by atoms with E-state index in [0.717, 1.165) is 31.0 Å². The number of likely N-dealkylation sites (tertiary alicyclic amines) is 1. The average molecular weight is 363 g/mol. The van der Waals surface area contributed by atoms with Gasteiger partial charge in [0.2, 0.25) is 0 Å². The van der Waals surface area contributed by atoms with Crippen molar-refractivity contribution in [1.82, 2.24) is 19.9 Å². The number of hydrogen-bond donors (Lipinski definition) is 1. The van der Waals surface area contributed by atoms with Crippen molar-refractivity contribution in [3.8, 4) is 5.69 Å². The fraction of sp³-hybridized carbons (Fsp3) is 0.429. The number of hydrogen-bond acceptors (Lipinski definition) is 4. The third kappa shape index (κ3) is 3.73. The van der Waals surface area contributed by atoms with Gasteiger partial charge in [-0.25, -0.2) is 4.68 Å². The maximum Gasteiger partial charge on any atom is 0.0971 e. The number of halogens is 3. The Balaban J connectivity index is 0.00000176. The van der Waals surface area contributed by atoms with E-state index in [0.29, 0.717) is 16.0 Å². The molecule has 0 saturated carbocycles. The van der Waals surface area contributed by atoms with Gasteiger partial charge in [0, 0.05) is 25.7 Å². The molecule has 0 aliphatic carbocycles. The van der Waals surface area contributed by atoms with E-state index in [1.165, 1.54) is 0 Å². The molecule has 2 aromatic rings. The number of benzene rings is 1. The fourth-order valence-electron chi connectivity index (χ4n) is 2.58. The van der Waals surface area contributed by atoms with Crippen molar-refractivity contribution >= 4 is 35.6 Å². The first-order chi connectivity index (χ1) is 10.0. The van der Waals surface area contributed by atoms with E-state index in [-0.39, 0.29) is 18.4 Å². The van der Waals surface area contributed by atoms with Gasteiger partial charge in [-0.15, -0.1) is 17.5 Å². The standard InChI is InChI=1S/C14H17Cl2N5.ClH/c1-9-5-20(8-14(9)17)6-10-7-21(19-18-10)11-2-3-12(15)13(16)4-11;/h2-4,7,9,14H,5-6,8,17H2,1H3;1H. The summed E-state index contributed by atoms with van der Waals surface area (Å²) in [5, 5.41) is 9.39. The smallest absolute Gasteiger partial charge is 0.0971 e. The number of aromatic nitrogens is 3. The summed E-state index contributed by atoms with van der Waals surface area (Å²) in [5.41, 5.74) is 7.80. The van der Waals surface area contributed by atoms with Crippen LogP contribution in [0.15, 0.2) is 24.4 Å². The summed E-state index contributed by atoms with van der Waals surface area (Å²) < 4.78 is 1.71. The summed E-state index contributed by atoms with van der Waals surface area (Å²) in [6.45, 7) is 4.85. The van der Waals surface area contributed by atoms with Crippen LogP contribution in [-0.4, -0.2) is 39.0 Å². The first-order valence-electron chi connectivity index (χ1n) is 6.87. The van der Waals surface area contributed by atoms with Gasteiger partial charge in [0.15, 0.2) is 0 Å². The Bertz CT molecular complexity index is 635. The lowest BCUT2D eigenvalue weighted by Gasteiger charge is -2.12. The highest BCUT2D eigenvalue weighted by molar-refractivity contribution is 6.42. The van der Waals surface area contributed by atoms with Crippen LogP contribution in [0.3, 0.4) is 0 Å². The molecule has 0 bridgehead atoms. The molecule has 2 unspecified atom stereocenters. The molecule has 2 atom stereocenters. The second-order valence-electron chi connectivity index (χ2n) is 5.59. The Labute approximate surface area is 145 Å². The van der Waals surface area contributed by atoms with Crippen LogP contribution in [0.1, 0.15) is 12.6 Å². The minimum absolute atomic E-state index is 0. The van der Waals surface area contributed by atoms with Gasteiger partial charge in [-0.2, -0.15) is 0 Å². The molecule has 0 spiro atoms. The Kier molecular flexibility index (Phi) is 5.69. The molecule has 1 saturated heterocycles. The molecular formula is C14H18Cl3N5. The van der Waals surface area contributed by atoms with E-state index in [2.05, 4.69) is 22.1 Å². The zero-order valence-corrected chi connectivity index (χ0v) is 14.4. The van der Waals surface area contributed by atoms with E-state index >= 15 is 0 Å². The van der Waals surface area contributed by atoms with Gasteiger partial charge in [-0.1, -0.05) is 35.3 Å². The van der Waals surface area contributed by atoms with Crippen LogP contribution >= 0.6 is 35.6 Å². The Morgan fingerprint density at radius 2 is 2.05 bits per heavy atom. The minimum atomic E-state index is 0. The van der Waals surface area contributed by atoms with Crippen LogP contribution in [0.5, 0.6) is 0 Å². The molecule has 1 aliphatic heterocycles. The number of rotatable bonds is 3. The lowest BCUT2D eigenvalue weighted by atomic mass is 10.1. The molecule has 3 rings (SSSR count). The second-order valence-corrected chi connectivity index (χ2v) is 6.40. The normalized spacial score (nSPS) is 21.8. The third-order valence-corrected chi connectivity index (χ3v) is 4.58. The average Bonchev–Trinajstić information content (AvgIpc) is 3.01. The molecule has 2 heterocycles. The quantitative estimate of drug-likeness (QED) is 0.912. The molecule has 1 aliphatic rings. The van der Waals surface area contributed by atoms with Crippen LogP contribution in [0.2, 0.25) is 10.0 Å². The van der Waals surface area contributed by atoms with E-state index < -0.39 is 0 Å². The highest BCUT2D eigenvalue weighted by Crippen LogP contribution is 2.24. The van der Waals surface area contributed by atoms with Crippen LogP contribution in [0.4, 0.5) is 0 Å². The predicted molar refractivity (Wildman–Crippen MR) is 91.0 cm³/mol. The number of nitrogens with zero attached hydrogens (tertiary/aromatic N) is 4. The van der Waals surface area contributed by atoms with Crippen LogP contribution in [0, 0.1) is 5.92 Å². The highest BCUT2D eigenvalue weighted by Gasteiger charge is 2.26. The largest absolute Gasteiger partial charge is 0.326 e. The molecule has 1 aromatic carbocycles. The first kappa shape index (κ1) is 17.5. The van der Waals surface area contributed by atoms with Crippen molar-refractivity contribution in [1.29, 1.82) is 0 Å². The van der Waals surface area contributed by atoms with E-state index in [4.69, 9.17) is 28.9 Å². The zero-order valence-electron chi connectivity index (χ0n) is 12.1. The molecule has 1 fully saturated rings. The lowest BCUT2D eigenvalue weighted by Crippen LogP contribution is -2.28. The van der Waals surface area contributed by atoms with E-state index in [9.17, 15) is 0 Å². The maximum atomic E-state index is 6.04. The molecule has 120 valence electrons. The predicted octanol–water partition coefficient (Wildman–Crippen LogP) is 2.77. The molecular weight excluding hydrogens is 345 g/mol. The summed E-state index contributed by atoms with van der Waals surface area (Å²) in [6.07, 6.45) is 1.91. The fourth-order valence-corrected chi connectivity index (χ4v) is 2.87. The molecule has 5 nitrogen and oxygen atoms in total. The molecule has 0 radical (unpaired) electrons.